The number of ether oxygens (including phenoxy) is 1. The summed E-state index contributed by atoms with van der Waals surface area (Å²) in [5, 5.41) is 7.49. The SMILES string of the molecule is CCOC(=O)c1ccc(NC(=S)NCc2ccc(Cl)cc2)c(C)c1. The van der Waals surface area contributed by atoms with E-state index < -0.39 is 0 Å². The minimum absolute atomic E-state index is 0.324. The van der Waals surface area contributed by atoms with Gasteiger partial charge in [-0.25, -0.2) is 4.79 Å². The molecule has 0 saturated carbocycles. The van der Waals surface area contributed by atoms with Crippen LogP contribution in [0.5, 0.6) is 0 Å². The molecule has 0 bridgehead atoms. The van der Waals surface area contributed by atoms with Gasteiger partial charge >= 0.3 is 5.97 Å². The molecule has 2 aromatic rings. The summed E-state index contributed by atoms with van der Waals surface area (Å²) in [6.07, 6.45) is 0. The first-order chi connectivity index (χ1) is 11.5. The summed E-state index contributed by atoms with van der Waals surface area (Å²) in [4.78, 5) is 11.7. The quantitative estimate of drug-likeness (QED) is 0.613. The van der Waals surface area contributed by atoms with Crippen LogP contribution in [-0.2, 0) is 11.3 Å². The van der Waals surface area contributed by atoms with Gasteiger partial charge in [0, 0.05) is 17.3 Å². The Bertz CT molecular complexity index is 732. The van der Waals surface area contributed by atoms with Crippen LogP contribution >= 0.6 is 23.8 Å². The third-order valence-electron chi connectivity index (χ3n) is 3.35. The third kappa shape index (κ3) is 5.22. The average molecular weight is 363 g/mol. The Hall–Kier alpha value is -2.11. The van der Waals surface area contributed by atoms with Crippen LogP contribution in [0.4, 0.5) is 5.69 Å². The molecule has 0 radical (unpaired) electrons. The molecule has 0 aromatic heterocycles. The average Bonchev–Trinajstić information content (AvgIpc) is 2.56. The van der Waals surface area contributed by atoms with E-state index in [0.717, 1.165) is 16.8 Å². The molecular formula is C18H19ClN2O2S. The van der Waals surface area contributed by atoms with E-state index in [-0.39, 0.29) is 5.97 Å². The van der Waals surface area contributed by atoms with Gasteiger partial charge in [-0.1, -0.05) is 23.7 Å². The van der Waals surface area contributed by atoms with Crippen molar-refractivity contribution in [2.45, 2.75) is 20.4 Å². The van der Waals surface area contributed by atoms with Crippen LogP contribution in [0.1, 0.15) is 28.4 Å². The maximum absolute atomic E-state index is 11.7. The largest absolute Gasteiger partial charge is 0.462 e. The molecule has 0 spiro atoms. The lowest BCUT2D eigenvalue weighted by Gasteiger charge is -2.13. The summed E-state index contributed by atoms with van der Waals surface area (Å²) in [5.74, 6) is -0.324. The molecule has 0 amide bonds. The first-order valence-electron chi connectivity index (χ1n) is 7.56. The monoisotopic (exact) mass is 362 g/mol. The Morgan fingerprint density at radius 1 is 1.21 bits per heavy atom. The Labute approximate surface area is 152 Å². The standard InChI is InChI=1S/C18H19ClN2O2S/c1-3-23-17(22)14-6-9-16(12(2)10-14)21-18(24)20-11-13-4-7-15(19)8-5-13/h4-10H,3,11H2,1-2H3,(H2,20,21,24). The van der Waals surface area contributed by atoms with Gasteiger partial charge in [-0.2, -0.15) is 0 Å². The van der Waals surface area contributed by atoms with E-state index in [0.29, 0.717) is 28.9 Å². The molecule has 4 nitrogen and oxygen atoms in total. The lowest BCUT2D eigenvalue weighted by molar-refractivity contribution is 0.0526. The smallest absolute Gasteiger partial charge is 0.338 e. The van der Waals surface area contributed by atoms with Crippen molar-refractivity contribution >= 4 is 40.6 Å². The molecule has 24 heavy (non-hydrogen) atoms. The summed E-state index contributed by atoms with van der Waals surface area (Å²) in [5.41, 5.74) is 3.37. The number of halogens is 1. The number of thiocarbonyl (C=S) groups is 1. The van der Waals surface area contributed by atoms with Gasteiger partial charge in [0.2, 0.25) is 0 Å². The first kappa shape index (κ1) is 18.2. The Balaban J connectivity index is 1.93. The minimum atomic E-state index is -0.324. The fourth-order valence-corrected chi connectivity index (χ4v) is 2.40. The number of carbonyl (C=O) groups excluding carboxylic acids is 1. The number of anilines is 1. The zero-order chi connectivity index (χ0) is 17.5. The number of esters is 1. The fraction of sp³-hybridized carbons (Fsp3) is 0.222. The second-order valence-electron chi connectivity index (χ2n) is 5.18. The highest BCUT2D eigenvalue weighted by Crippen LogP contribution is 2.17. The summed E-state index contributed by atoms with van der Waals surface area (Å²) < 4.78 is 4.99. The van der Waals surface area contributed by atoms with Crippen molar-refractivity contribution in [1.29, 1.82) is 0 Å². The van der Waals surface area contributed by atoms with Crippen LogP contribution in [0, 0.1) is 6.92 Å². The van der Waals surface area contributed by atoms with E-state index in [4.69, 9.17) is 28.6 Å². The molecule has 0 aliphatic rings. The van der Waals surface area contributed by atoms with Gasteiger partial charge in [-0.15, -0.1) is 0 Å². The molecular weight excluding hydrogens is 344 g/mol. The van der Waals surface area contributed by atoms with E-state index in [1.165, 1.54) is 0 Å². The van der Waals surface area contributed by atoms with Crippen LogP contribution in [0.2, 0.25) is 5.02 Å². The number of aryl methyl sites for hydroxylation is 1. The van der Waals surface area contributed by atoms with E-state index in [1.54, 1.807) is 19.1 Å². The van der Waals surface area contributed by atoms with Crippen molar-refractivity contribution in [1.82, 2.24) is 5.32 Å². The highest BCUT2D eigenvalue weighted by atomic mass is 35.5. The number of hydrogen-bond donors (Lipinski definition) is 2. The fourth-order valence-electron chi connectivity index (χ4n) is 2.10. The summed E-state index contributed by atoms with van der Waals surface area (Å²) in [7, 11) is 0. The maximum atomic E-state index is 11.7. The normalized spacial score (nSPS) is 10.1. The Kier molecular flexibility index (Phi) is 6.58. The molecule has 0 fully saturated rings. The third-order valence-corrected chi connectivity index (χ3v) is 3.85. The highest BCUT2D eigenvalue weighted by Gasteiger charge is 2.09. The summed E-state index contributed by atoms with van der Waals surface area (Å²) >= 11 is 11.2. The number of hydrogen-bond acceptors (Lipinski definition) is 3. The number of rotatable bonds is 5. The number of benzene rings is 2. The van der Waals surface area contributed by atoms with Crippen LogP contribution in [0.25, 0.3) is 0 Å². The van der Waals surface area contributed by atoms with Crippen molar-refractivity contribution in [3.8, 4) is 0 Å². The minimum Gasteiger partial charge on any atom is -0.462 e. The molecule has 0 unspecified atom stereocenters. The van der Waals surface area contributed by atoms with Crippen LogP contribution in [-0.4, -0.2) is 17.7 Å². The van der Waals surface area contributed by atoms with Gasteiger partial charge in [0.25, 0.3) is 0 Å². The van der Waals surface area contributed by atoms with Gasteiger partial charge in [0.05, 0.1) is 12.2 Å². The van der Waals surface area contributed by atoms with Gasteiger partial charge in [0.15, 0.2) is 5.11 Å². The summed E-state index contributed by atoms with van der Waals surface area (Å²) in [6, 6.07) is 12.9. The molecule has 0 saturated heterocycles. The zero-order valence-corrected chi connectivity index (χ0v) is 15.1. The molecule has 126 valence electrons. The maximum Gasteiger partial charge on any atom is 0.338 e. The second-order valence-corrected chi connectivity index (χ2v) is 6.03. The van der Waals surface area contributed by atoms with E-state index in [9.17, 15) is 4.79 Å². The number of carbonyl (C=O) groups is 1. The van der Waals surface area contributed by atoms with Gasteiger partial charge in [0.1, 0.15) is 0 Å². The molecule has 2 rings (SSSR count). The molecule has 2 aromatic carbocycles. The summed E-state index contributed by atoms with van der Waals surface area (Å²) in [6.45, 7) is 4.65. The molecule has 0 aliphatic carbocycles. The van der Waals surface area contributed by atoms with E-state index >= 15 is 0 Å². The van der Waals surface area contributed by atoms with Crippen molar-refractivity contribution in [3.05, 3.63) is 64.2 Å². The lowest BCUT2D eigenvalue weighted by Crippen LogP contribution is -2.28. The lowest BCUT2D eigenvalue weighted by atomic mass is 10.1. The van der Waals surface area contributed by atoms with Crippen LogP contribution in [0.3, 0.4) is 0 Å². The molecule has 0 atom stereocenters. The van der Waals surface area contributed by atoms with Crippen molar-refractivity contribution < 1.29 is 9.53 Å². The highest BCUT2D eigenvalue weighted by molar-refractivity contribution is 7.80. The van der Waals surface area contributed by atoms with Gasteiger partial charge in [-0.05, 0) is 67.5 Å². The predicted molar refractivity (Wildman–Crippen MR) is 102 cm³/mol. The molecule has 2 N–H and O–H groups in total. The second kappa shape index (κ2) is 8.66. The van der Waals surface area contributed by atoms with E-state index in [1.807, 2.05) is 37.3 Å². The van der Waals surface area contributed by atoms with Crippen LogP contribution < -0.4 is 10.6 Å². The van der Waals surface area contributed by atoms with E-state index in [2.05, 4.69) is 10.6 Å². The Morgan fingerprint density at radius 2 is 1.92 bits per heavy atom. The molecule has 6 heteroatoms. The van der Waals surface area contributed by atoms with Crippen molar-refractivity contribution in [2.75, 3.05) is 11.9 Å². The van der Waals surface area contributed by atoms with Gasteiger partial charge in [-0.3, -0.25) is 0 Å². The molecule has 0 heterocycles. The molecule has 0 aliphatic heterocycles. The van der Waals surface area contributed by atoms with Crippen molar-refractivity contribution in [3.63, 3.8) is 0 Å². The van der Waals surface area contributed by atoms with Crippen molar-refractivity contribution in [2.24, 2.45) is 0 Å². The Morgan fingerprint density at radius 3 is 2.54 bits per heavy atom. The number of nitrogens with one attached hydrogen (secondary N) is 2. The zero-order valence-electron chi connectivity index (χ0n) is 13.6. The van der Waals surface area contributed by atoms with Gasteiger partial charge < -0.3 is 15.4 Å². The first-order valence-corrected chi connectivity index (χ1v) is 8.35. The van der Waals surface area contributed by atoms with Crippen LogP contribution in [0.15, 0.2) is 42.5 Å². The predicted octanol–water partition coefficient (Wildman–Crippen LogP) is 4.31. The topological polar surface area (TPSA) is 50.4 Å².